The van der Waals surface area contributed by atoms with E-state index in [4.69, 9.17) is 0 Å². The van der Waals surface area contributed by atoms with Gasteiger partial charge in [-0.25, -0.2) is 0 Å². The van der Waals surface area contributed by atoms with Gasteiger partial charge in [0.1, 0.15) is 0 Å². The summed E-state index contributed by atoms with van der Waals surface area (Å²) in [5.74, 6) is 0. The molecule has 0 aliphatic heterocycles. The normalized spacial score (nSPS) is 13.9. The number of allylic oxidation sites excluding steroid dienone is 2. The molecule has 0 spiro atoms. The highest BCUT2D eigenvalue weighted by Gasteiger charge is 2.23. The largest absolute Gasteiger partial charge is 0.140 e. The fraction of sp³-hybridized carbons (Fsp3) is 0.241. The molecule has 1 aliphatic rings. The first-order valence-electron chi connectivity index (χ1n) is 11.1. The lowest BCUT2D eigenvalue weighted by Crippen LogP contribution is -1.86. The molecule has 0 N–H and O–H groups in total. The van der Waals surface area contributed by atoms with Crippen LogP contribution in [0.25, 0.3) is 32.0 Å². The lowest BCUT2D eigenvalue weighted by Gasteiger charge is -2.07. The van der Waals surface area contributed by atoms with E-state index in [9.17, 15) is 0 Å². The van der Waals surface area contributed by atoms with Gasteiger partial charge < -0.3 is 0 Å². The summed E-state index contributed by atoms with van der Waals surface area (Å²) in [6, 6.07) is 22.8. The Bertz CT molecular complexity index is 1160. The summed E-state index contributed by atoms with van der Waals surface area (Å²) in [6.07, 6.45) is 3.64. The molecule has 1 aliphatic carbocycles. The van der Waals surface area contributed by atoms with E-state index >= 15 is 0 Å². The standard InChI is InChI=1S/C29H28S2/c1-18-8-12-22(13-9-18)28-16-26(20(3)30-28)24-6-5-7-25(24)27-17-29(31-21(27)4)23-14-10-19(2)11-15-23/h8-17H,5-7H2,1-4H3. The number of aryl methyl sites for hydroxylation is 4. The zero-order valence-electron chi connectivity index (χ0n) is 18.7. The molecule has 0 amide bonds. The molecule has 0 atom stereocenters. The molecule has 0 bridgehead atoms. The number of rotatable bonds is 4. The van der Waals surface area contributed by atoms with Crippen LogP contribution in [0.15, 0.2) is 60.7 Å². The minimum Gasteiger partial charge on any atom is -0.140 e. The van der Waals surface area contributed by atoms with Crippen LogP contribution >= 0.6 is 22.7 Å². The van der Waals surface area contributed by atoms with Crippen molar-refractivity contribution in [2.24, 2.45) is 0 Å². The Morgan fingerprint density at radius 1 is 0.548 bits per heavy atom. The van der Waals surface area contributed by atoms with E-state index in [0.717, 1.165) is 0 Å². The van der Waals surface area contributed by atoms with Crippen LogP contribution in [0.1, 0.15) is 51.3 Å². The van der Waals surface area contributed by atoms with Crippen molar-refractivity contribution in [2.45, 2.75) is 47.0 Å². The molecular weight excluding hydrogens is 412 g/mol. The van der Waals surface area contributed by atoms with E-state index in [-0.39, 0.29) is 0 Å². The first kappa shape index (κ1) is 20.5. The van der Waals surface area contributed by atoms with Crippen LogP contribution in [0.5, 0.6) is 0 Å². The van der Waals surface area contributed by atoms with Crippen molar-refractivity contribution in [2.75, 3.05) is 0 Å². The maximum absolute atomic E-state index is 2.44. The number of benzene rings is 2. The molecule has 2 aromatic carbocycles. The molecule has 2 heteroatoms. The van der Waals surface area contributed by atoms with Gasteiger partial charge in [0.15, 0.2) is 0 Å². The summed E-state index contributed by atoms with van der Waals surface area (Å²) < 4.78 is 0. The van der Waals surface area contributed by atoms with Gasteiger partial charge in [-0.2, -0.15) is 0 Å². The van der Waals surface area contributed by atoms with E-state index in [1.807, 2.05) is 22.7 Å². The van der Waals surface area contributed by atoms with Gasteiger partial charge in [-0.15, -0.1) is 22.7 Å². The predicted octanol–water partition coefficient (Wildman–Crippen LogP) is 9.47. The predicted molar refractivity (Wildman–Crippen MR) is 139 cm³/mol. The second-order valence-corrected chi connectivity index (χ2v) is 11.2. The Balaban J connectivity index is 1.55. The first-order chi connectivity index (χ1) is 15.0. The van der Waals surface area contributed by atoms with Crippen LogP contribution in [0.3, 0.4) is 0 Å². The Morgan fingerprint density at radius 3 is 1.32 bits per heavy atom. The number of thiophene rings is 2. The third-order valence-electron chi connectivity index (χ3n) is 6.38. The Kier molecular flexibility index (Phi) is 5.45. The maximum Gasteiger partial charge on any atom is 0.0351 e. The van der Waals surface area contributed by atoms with Gasteiger partial charge in [-0.1, -0.05) is 59.7 Å². The summed E-state index contributed by atoms with van der Waals surface area (Å²) in [6.45, 7) is 8.88. The average Bonchev–Trinajstić information content (AvgIpc) is 3.47. The smallest absolute Gasteiger partial charge is 0.0351 e. The zero-order chi connectivity index (χ0) is 21.5. The highest BCUT2D eigenvalue weighted by Crippen LogP contribution is 2.47. The fourth-order valence-corrected chi connectivity index (χ4v) is 6.73. The topological polar surface area (TPSA) is 0 Å². The van der Waals surface area contributed by atoms with E-state index in [1.165, 1.54) is 72.2 Å². The van der Waals surface area contributed by atoms with Crippen LogP contribution in [0.4, 0.5) is 0 Å². The molecule has 156 valence electrons. The van der Waals surface area contributed by atoms with Crippen molar-refractivity contribution in [3.63, 3.8) is 0 Å². The molecule has 0 fully saturated rings. The van der Waals surface area contributed by atoms with Crippen molar-refractivity contribution in [3.05, 3.63) is 92.7 Å². The molecule has 0 nitrogen and oxygen atoms in total. The van der Waals surface area contributed by atoms with Crippen LogP contribution < -0.4 is 0 Å². The second-order valence-electron chi connectivity index (χ2n) is 8.70. The van der Waals surface area contributed by atoms with Gasteiger partial charge in [0, 0.05) is 19.5 Å². The van der Waals surface area contributed by atoms with Crippen LogP contribution in [0, 0.1) is 27.7 Å². The van der Waals surface area contributed by atoms with Gasteiger partial charge in [0.2, 0.25) is 0 Å². The van der Waals surface area contributed by atoms with Gasteiger partial charge in [0.25, 0.3) is 0 Å². The molecule has 0 radical (unpaired) electrons. The fourth-order valence-electron chi connectivity index (χ4n) is 4.62. The minimum absolute atomic E-state index is 1.19. The zero-order valence-corrected chi connectivity index (χ0v) is 20.3. The van der Waals surface area contributed by atoms with Gasteiger partial charge in [0.05, 0.1) is 0 Å². The third kappa shape index (κ3) is 3.95. The molecule has 31 heavy (non-hydrogen) atoms. The maximum atomic E-state index is 2.44. The van der Waals surface area contributed by atoms with E-state index in [1.54, 1.807) is 11.1 Å². The average molecular weight is 441 g/mol. The summed E-state index contributed by atoms with van der Waals surface area (Å²) in [4.78, 5) is 5.65. The number of hydrogen-bond donors (Lipinski definition) is 0. The summed E-state index contributed by atoms with van der Waals surface area (Å²) in [7, 11) is 0. The third-order valence-corrected chi connectivity index (χ3v) is 8.57. The van der Waals surface area contributed by atoms with E-state index in [2.05, 4.69) is 88.4 Å². The molecule has 0 saturated heterocycles. The van der Waals surface area contributed by atoms with Crippen LogP contribution in [-0.2, 0) is 0 Å². The first-order valence-corrected chi connectivity index (χ1v) is 12.7. The van der Waals surface area contributed by atoms with Gasteiger partial charge >= 0.3 is 0 Å². The van der Waals surface area contributed by atoms with Crippen molar-refractivity contribution < 1.29 is 0 Å². The van der Waals surface area contributed by atoms with Crippen molar-refractivity contribution in [1.29, 1.82) is 0 Å². The summed E-state index contributed by atoms with van der Waals surface area (Å²) in [5, 5.41) is 0. The molecule has 5 rings (SSSR count). The van der Waals surface area contributed by atoms with Gasteiger partial charge in [-0.3, -0.25) is 0 Å². The van der Waals surface area contributed by atoms with Crippen molar-refractivity contribution in [3.8, 4) is 20.9 Å². The SMILES string of the molecule is Cc1ccc(-c2cc(C3=C(c4cc(-c5ccc(C)cc5)sc4C)CCC3)c(C)s2)cc1. The Hall–Kier alpha value is -2.42. The minimum atomic E-state index is 1.19. The molecule has 0 saturated carbocycles. The molecule has 2 heterocycles. The Morgan fingerprint density at radius 2 is 0.935 bits per heavy atom. The van der Waals surface area contributed by atoms with Crippen LogP contribution in [-0.4, -0.2) is 0 Å². The lowest BCUT2D eigenvalue weighted by molar-refractivity contribution is 0.941. The monoisotopic (exact) mass is 440 g/mol. The highest BCUT2D eigenvalue weighted by atomic mass is 32.1. The molecule has 2 aromatic heterocycles. The van der Waals surface area contributed by atoms with Crippen molar-refractivity contribution in [1.82, 2.24) is 0 Å². The molecular formula is C29H28S2. The molecule has 4 aromatic rings. The van der Waals surface area contributed by atoms with Crippen molar-refractivity contribution >= 4 is 33.8 Å². The van der Waals surface area contributed by atoms with Gasteiger partial charge in [-0.05, 0) is 92.5 Å². The van der Waals surface area contributed by atoms with E-state index in [0.29, 0.717) is 0 Å². The lowest BCUT2D eigenvalue weighted by atomic mass is 9.96. The summed E-state index contributed by atoms with van der Waals surface area (Å²) in [5.41, 5.74) is 11.4. The van der Waals surface area contributed by atoms with Crippen LogP contribution in [0.2, 0.25) is 0 Å². The quantitative estimate of drug-likeness (QED) is 0.296. The summed E-state index contributed by atoms with van der Waals surface area (Å²) >= 11 is 3.87. The number of hydrogen-bond acceptors (Lipinski definition) is 2. The van der Waals surface area contributed by atoms with E-state index < -0.39 is 0 Å². The second kappa shape index (κ2) is 8.26. The molecule has 0 unspecified atom stereocenters. The Labute approximate surface area is 193 Å². The highest BCUT2D eigenvalue weighted by molar-refractivity contribution is 7.16.